The van der Waals surface area contributed by atoms with Gasteiger partial charge in [-0.25, -0.2) is 0 Å². The summed E-state index contributed by atoms with van der Waals surface area (Å²) in [4.78, 5) is 0.724. The zero-order chi connectivity index (χ0) is 9.97. The van der Waals surface area contributed by atoms with Gasteiger partial charge >= 0.3 is 0 Å². The van der Waals surface area contributed by atoms with Crippen molar-refractivity contribution in [1.82, 2.24) is 0 Å². The number of thiophene rings is 1. The molecular weight excluding hydrogens is 324 g/mol. The Morgan fingerprint density at radius 1 is 1.21 bits per heavy atom. The van der Waals surface area contributed by atoms with Crippen LogP contribution in [-0.2, 0) is 0 Å². The van der Waals surface area contributed by atoms with E-state index in [2.05, 4.69) is 42.6 Å². The molecule has 2 unspecified atom stereocenters. The fourth-order valence-electron chi connectivity index (χ4n) is 2.17. The van der Waals surface area contributed by atoms with E-state index in [0.29, 0.717) is 0 Å². The first-order valence-electron chi connectivity index (χ1n) is 5.13. The summed E-state index contributed by atoms with van der Waals surface area (Å²) in [5.74, 6) is 0.766. The molecule has 1 aromatic rings. The van der Waals surface area contributed by atoms with E-state index in [0.717, 1.165) is 10.7 Å². The largest absolute Gasteiger partial charge is 0.151 e. The first-order chi connectivity index (χ1) is 6.77. The monoisotopic (exact) mass is 336 g/mol. The fourth-order valence-corrected chi connectivity index (χ4v) is 4.64. The van der Waals surface area contributed by atoms with Crippen molar-refractivity contribution in [2.75, 3.05) is 0 Å². The van der Waals surface area contributed by atoms with E-state index >= 15 is 0 Å². The molecule has 2 rings (SSSR count). The van der Waals surface area contributed by atoms with Gasteiger partial charge in [-0.2, -0.15) is 11.3 Å². The third kappa shape index (κ3) is 2.61. The average Bonchev–Trinajstić information content (AvgIpc) is 2.45. The Labute approximate surface area is 106 Å². The second-order valence-electron chi connectivity index (χ2n) is 3.99. The summed E-state index contributed by atoms with van der Waals surface area (Å²) in [6.07, 6.45) is 6.77. The number of hydrogen-bond donors (Lipinski definition) is 0. The van der Waals surface area contributed by atoms with Crippen LogP contribution in [0, 0.1) is 0 Å². The fraction of sp³-hybridized carbons (Fsp3) is 0.636. The minimum absolute atomic E-state index is 0.724. The van der Waals surface area contributed by atoms with Crippen LogP contribution < -0.4 is 0 Å². The third-order valence-electron chi connectivity index (χ3n) is 2.94. The van der Waals surface area contributed by atoms with E-state index in [9.17, 15) is 0 Å². The quantitative estimate of drug-likeness (QED) is 0.480. The van der Waals surface area contributed by atoms with Gasteiger partial charge in [-0.05, 0) is 52.1 Å². The third-order valence-corrected chi connectivity index (χ3v) is 5.53. The summed E-state index contributed by atoms with van der Waals surface area (Å²) in [7, 11) is 0. The van der Waals surface area contributed by atoms with Gasteiger partial charge < -0.3 is 0 Å². The lowest BCUT2D eigenvalue weighted by Gasteiger charge is -2.15. The molecule has 1 aliphatic rings. The highest BCUT2D eigenvalue weighted by atomic mass is 79.9. The Morgan fingerprint density at radius 3 is 2.71 bits per heavy atom. The minimum atomic E-state index is 0.724. The van der Waals surface area contributed by atoms with Gasteiger partial charge in [0.2, 0.25) is 0 Å². The van der Waals surface area contributed by atoms with Crippen LogP contribution in [0.1, 0.15) is 43.6 Å². The van der Waals surface area contributed by atoms with Gasteiger partial charge in [-0.3, -0.25) is 0 Å². The number of hydrogen-bond acceptors (Lipinski definition) is 1. The van der Waals surface area contributed by atoms with Gasteiger partial charge in [0.15, 0.2) is 0 Å². The molecule has 3 heteroatoms. The Balaban J connectivity index is 2.13. The molecule has 1 aliphatic carbocycles. The number of rotatable bonds is 1. The number of halogens is 2. The van der Waals surface area contributed by atoms with Crippen LogP contribution in [-0.4, -0.2) is 4.83 Å². The van der Waals surface area contributed by atoms with Crippen molar-refractivity contribution >= 4 is 43.2 Å². The molecule has 1 saturated carbocycles. The Bertz CT molecular complexity index is 295. The predicted molar refractivity (Wildman–Crippen MR) is 70.6 cm³/mol. The Kier molecular flexibility index (Phi) is 4.09. The van der Waals surface area contributed by atoms with E-state index in [1.165, 1.54) is 42.1 Å². The van der Waals surface area contributed by atoms with Gasteiger partial charge in [0.05, 0.1) is 0 Å². The van der Waals surface area contributed by atoms with E-state index < -0.39 is 0 Å². The van der Waals surface area contributed by atoms with Crippen LogP contribution in [0.3, 0.4) is 0 Å². The number of alkyl halides is 1. The van der Waals surface area contributed by atoms with Crippen LogP contribution in [0.2, 0.25) is 0 Å². The van der Waals surface area contributed by atoms with Crippen molar-refractivity contribution in [2.24, 2.45) is 0 Å². The predicted octanol–water partition coefficient (Wildman–Crippen LogP) is 5.32. The zero-order valence-electron chi connectivity index (χ0n) is 8.01. The smallest absolute Gasteiger partial charge is 0.0317 e. The lowest BCUT2D eigenvalue weighted by molar-refractivity contribution is 0.599. The molecule has 0 aromatic carbocycles. The first-order valence-corrected chi connectivity index (χ1v) is 7.78. The molecule has 1 fully saturated rings. The molecule has 1 aromatic heterocycles. The molecule has 0 bridgehead atoms. The molecule has 78 valence electrons. The summed E-state index contributed by atoms with van der Waals surface area (Å²) in [5, 5.41) is 4.50. The van der Waals surface area contributed by atoms with Crippen molar-refractivity contribution in [3.8, 4) is 0 Å². The van der Waals surface area contributed by atoms with Gasteiger partial charge in [0.1, 0.15) is 0 Å². The molecule has 0 aliphatic heterocycles. The topological polar surface area (TPSA) is 0 Å². The standard InChI is InChI=1S/C11H14Br2S/c12-9-4-2-1-3-8(5-9)10-6-14-7-11(10)13/h6-9H,1-5H2. The molecular formula is C11H14Br2S. The summed E-state index contributed by atoms with van der Waals surface area (Å²) in [5.41, 5.74) is 1.53. The summed E-state index contributed by atoms with van der Waals surface area (Å²) in [6.45, 7) is 0. The highest BCUT2D eigenvalue weighted by Crippen LogP contribution is 2.39. The second-order valence-corrected chi connectivity index (χ2v) is 6.88. The van der Waals surface area contributed by atoms with Crippen molar-refractivity contribution in [1.29, 1.82) is 0 Å². The molecule has 0 radical (unpaired) electrons. The molecule has 0 N–H and O–H groups in total. The van der Waals surface area contributed by atoms with Crippen LogP contribution >= 0.6 is 43.2 Å². The Hall–Kier alpha value is 0.660. The molecule has 14 heavy (non-hydrogen) atoms. The van der Waals surface area contributed by atoms with Gasteiger partial charge in [-0.15, -0.1) is 0 Å². The van der Waals surface area contributed by atoms with E-state index in [1.54, 1.807) is 11.3 Å². The van der Waals surface area contributed by atoms with E-state index in [-0.39, 0.29) is 0 Å². The van der Waals surface area contributed by atoms with Crippen LogP contribution in [0.4, 0.5) is 0 Å². The van der Waals surface area contributed by atoms with Gasteiger partial charge in [0, 0.05) is 14.7 Å². The maximum Gasteiger partial charge on any atom is 0.0317 e. The Morgan fingerprint density at radius 2 is 2.00 bits per heavy atom. The molecule has 2 atom stereocenters. The second kappa shape index (κ2) is 5.13. The summed E-state index contributed by atoms with van der Waals surface area (Å²) < 4.78 is 1.31. The minimum Gasteiger partial charge on any atom is -0.151 e. The molecule has 0 nitrogen and oxygen atoms in total. The zero-order valence-corrected chi connectivity index (χ0v) is 12.0. The maximum atomic E-state index is 3.78. The van der Waals surface area contributed by atoms with Crippen molar-refractivity contribution in [3.05, 3.63) is 20.8 Å². The summed E-state index contributed by atoms with van der Waals surface area (Å²) in [6, 6.07) is 0. The van der Waals surface area contributed by atoms with Gasteiger partial charge in [0.25, 0.3) is 0 Å². The van der Waals surface area contributed by atoms with Gasteiger partial charge in [-0.1, -0.05) is 28.8 Å². The maximum absolute atomic E-state index is 3.78. The van der Waals surface area contributed by atoms with Crippen molar-refractivity contribution < 1.29 is 0 Å². The van der Waals surface area contributed by atoms with Crippen LogP contribution in [0.15, 0.2) is 15.2 Å². The molecule has 0 spiro atoms. The normalized spacial score (nSPS) is 28.7. The molecule has 1 heterocycles. The first kappa shape index (κ1) is 11.2. The van der Waals surface area contributed by atoms with E-state index in [4.69, 9.17) is 0 Å². The van der Waals surface area contributed by atoms with Crippen molar-refractivity contribution in [2.45, 2.75) is 42.8 Å². The lowest BCUT2D eigenvalue weighted by Crippen LogP contribution is -2.03. The summed E-state index contributed by atoms with van der Waals surface area (Å²) >= 11 is 9.22. The highest BCUT2D eigenvalue weighted by molar-refractivity contribution is 9.10. The van der Waals surface area contributed by atoms with E-state index in [1.807, 2.05) is 0 Å². The van der Waals surface area contributed by atoms with Crippen LogP contribution in [0.25, 0.3) is 0 Å². The van der Waals surface area contributed by atoms with Crippen LogP contribution in [0.5, 0.6) is 0 Å². The molecule has 0 saturated heterocycles. The molecule has 0 amide bonds. The SMILES string of the molecule is Brc1cscc1C1CCCCC(Br)C1. The lowest BCUT2D eigenvalue weighted by atomic mass is 9.94. The average molecular weight is 338 g/mol. The van der Waals surface area contributed by atoms with Crippen molar-refractivity contribution in [3.63, 3.8) is 0 Å². The highest BCUT2D eigenvalue weighted by Gasteiger charge is 2.21.